The highest BCUT2D eigenvalue weighted by molar-refractivity contribution is 5.97. The molecule has 1 unspecified atom stereocenters. The van der Waals surface area contributed by atoms with E-state index in [9.17, 15) is 9.18 Å². The Morgan fingerprint density at radius 2 is 1.96 bits per heavy atom. The average molecular weight is 366 g/mol. The van der Waals surface area contributed by atoms with Crippen LogP contribution in [0.25, 0.3) is 0 Å². The number of benzene rings is 2. The number of aromatic nitrogens is 3. The summed E-state index contributed by atoms with van der Waals surface area (Å²) in [5.74, 6) is -0.627. The van der Waals surface area contributed by atoms with Crippen molar-refractivity contribution in [1.29, 1.82) is 0 Å². The molecule has 1 aliphatic rings. The van der Waals surface area contributed by atoms with Crippen LogP contribution < -0.4 is 9.64 Å². The van der Waals surface area contributed by atoms with E-state index in [0.717, 1.165) is 16.9 Å². The number of hydrogen-bond acceptors (Lipinski definition) is 4. The first kappa shape index (κ1) is 17.2. The van der Waals surface area contributed by atoms with Crippen molar-refractivity contribution in [2.75, 3.05) is 4.90 Å². The zero-order valence-electron chi connectivity index (χ0n) is 14.9. The molecule has 2 heterocycles. The quantitative estimate of drug-likeness (QED) is 0.712. The number of anilines is 1. The van der Waals surface area contributed by atoms with Crippen molar-refractivity contribution < 1.29 is 13.9 Å². The first-order chi connectivity index (χ1) is 13.2. The van der Waals surface area contributed by atoms with E-state index in [1.54, 1.807) is 27.9 Å². The van der Waals surface area contributed by atoms with E-state index in [0.29, 0.717) is 19.5 Å². The van der Waals surface area contributed by atoms with Crippen molar-refractivity contribution >= 4 is 11.6 Å². The van der Waals surface area contributed by atoms with Crippen LogP contribution >= 0.6 is 0 Å². The molecule has 1 aromatic heterocycles. The van der Waals surface area contributed by atoms with Crippen molar-refractivity contribution in [3.8, 4) is 5.75 Å². The van der Waals surface area contributed by atoms with Crippen molar-refractivity contribution in [2.24, 2.45) is 0 Å². The lowest BCUT2D eigenvalue weighted by Gasteiger charge is -2.27. The van der Waals surface area contributed by atoms with Crippen LogP contribution in [0.4, 0.5) is 10.1 Å². The third kappa shape index (κ3) is 3.28. The first-order valence-corrected chi connectivity index (χ1v) is 8.85. The number of halogens is 1. The minimum absolute atomic E-state index is 0.0764. The summed E-state index contributed by atoms with van der Waals surface area (Å²) in [7, 11) is 0. The lowest BCUT2D eigenvalue weighted by molar-refractivity contribution is -0.125. The number of ether oxygens (including phenoxy) is 1. The predicted octanol–water partition coefficient (Wildman–Crippen LogP) is 3.17. The maximum atomic E-state index is 14.0. The van der Waals surface area contributed by atoms with Crippen LogP contribution in [0.5, 0.6) is 5.75 Å². The van der Waals surface area contributed by atoms with Gasteiger partial charge in [-0.25, -0.2) is 9.07 Å². The van der Waals surface area contributed by atoms with E-state index >= 15 is 0 Å². The van der Waals surface area contributed by atoms with Gasteiger partial charge in [0.05, 0.1) is 25.0 Å². The summed E-state index contributed by atoms with van der Waals surface area (Å²) in [4.78, 5) is 15.0. The fourth-order valence-corrected chi connectivity index (χ4v) is 3.22. The summed E-state index contributed by atoms with van der Waals surface area (Å²) in [6.45, 7) is 2.72. The molecule has 4 rings (SSSR count). The highest BCUT2D eigenvalue weighted by Gasteiger charge is 2.30. The van der Waals surface area contributed by atoms with Gasteiger partial charge < -0.3 is 9.64 Å². The smallest absolute Gasteiger partial charge is 0.268 e. The Morgan fingerprint density at radius 3 is 2.78 bits per heavy atom. The second-order valence-electron chi connectivity index (χ2n) is 6.38. The molecule has 3 aromatic rings. The predicted molar refractivity (Wildman–Crippen MR) is 97.9 cm³/mol. The minimum Gasteiger partial charge on any atom is -0.478 e. The maximum absolute atomic E-state index is 14.0. The lowest BCUT2D eigenvalue weighted by Crippen LogP contribution is -2.41. The van der Waals surface area contributed by atoms with Gasteiger partial charge in [0.2, 0.25) is 0 Å². The van der Waals surface area contributed by atoms with Crippen molar-refractivity contribution in [1.82, 2.24) is 15.0 Å². The maximum Gasteiger partial charge on any atom is 0.268 e. The van der Waals surface area contributed by atoms with Gasteiger partial charge in [0.15, 0.2) is 17.7 Å². The Kier molecular flexibility index (Phi) is 4.58. The van der Waals surface area contributed by atoms with Crippen LogP contribution in [0, 0.1) is 5.82 Å². The third-order valence-electron chi connectivity index (χ3n) is 4.64. The molecule has 2 aromatic carbocycles. The SMILES string of the molecule is CCC(Oc1ccccc1F)C(=O)N1Cc2cnnn2Cc2ccccc21. The Hall–Kier alpha value is -3.22. The highest BCUT2D eigenvalue weighted by Crippen LogP contribution is 2.28. The molecule has 0 radical (unpaired) electrons. The summed E-state index contributed by atoms with van der Waals surface area (Å²) < 4.78 is 21.5. The number of nitrogens with zero attached hydrogens (tertiary/aromatic N) is 4. The Balaban J connectivity index is 1.68. The van der Waals surface area contributed by atoms with Gasteiger partial charge in [-0.15, -0.1) is 5.10 Å². The second-order valence-corrected chi connectivity index (χ2v) is 6.38. The number of carbonyl (C=O) groups excluding carboxylic acids is 1. The van der Waals surface area contributed by atoms with E-state index in [2.05, 4.69) is 10.3 Å². The van der Waals surface area contributed by atoms with Gasteiger partial charge in [-0.05, 0) is 30.2 Å². The van der Waals surface area contributed by atoms with Gasteiger partial charge in [0.25, 0.3) is 5.91 Å². The molecule has 0 N–H and O–H groups in total. The molecular weight excluding hydrogens is 347 g/mol. The van der Waals surface area contributed by atoms with Crippen LogP contribution in [-0.2, 0) is 17.9 Å². The van der Waals surface area contributed by atoms with E-state index < -0.39 is 11.9 Å². The molecule has 1 aliphatic heterocycles. The molecule has 0 fully saturated rings. The standard InChI is InChI=1S/C20H19FN4O2/c1-2-18(27-19-10-6-4-8-16(19)21)20(26)24-13-15-11-22-23-25(15)12-14-7-3-5-9-17(14)24/h3-11,18H,2,12-13H2,1H3. The minimum atomic E-state index is -0.794. The third-order valence-corrected chi connectivity index (χ3v) is 4.64. The van der Waals surface area contributed by atoms with Gasteiger partial charge in [-0.2, -0.15) is 0 Å². The van der Waals surface area contributed by atoms with Crippen LogP contribution in [0.15, 0.2) is 54.7 Å². The van der Waals surface area contributed by atoms with Crippen LogP contribution in [0.3, 0.4) is 0 Å². The number of para-hydroxylation sites is 2. The van der Waals surface area contributed by atoms with Gasteiger partial charge in [0, 0.05) is 5.69 Å². The normalized spacial score (nSPS) is 14.1. The fraction of sp³-hybridized carbons (Fsp3) is 0.250. The van der Waals surface area contributed by atoms with Crippen molar-refractivity contribution in [2.45, 2.75) is 32.5 Å². The number of amides is 1. The van der Waals surface area contributed by atoms with Crippen molar-refractivity contribution in [3.05, 3.63) is 71.8 Å². The van der Waals surface area contributed by atoms with E-state index in [-0.39, 0.29) is 11.7 Å². The lowest BCUT2D eigenvalue weighted by atomic mass is 10.1. The summed E-state index contributed by atoms with van der Waals surface area (Å²) in [6, 6.07) is 13.8. The van der Waals surface area contributed by atoms with Gasteiger partial charge in [-0.3, -0.25) is 4.79 Å². The number of hydrogen-bond donors (Lipinski definition) is 0. The Labute approximate surface area is 156 Å². The molecule has 6 nitrogen and oxygen atoms in total. The largest absolute Gasteiger partial charge is 0.478 e. The topological polar surface area (TPSA) is 60.2 Å². The number of rotatable bonds is 4. The van der Waals surface area contributed by atoms with E-state index in [1.165, 1.54) is 12.1 Å². The molecule has 1 amide bonds. The molecule has 7 heteroatoms. The van der Waals surface area contributed by atoms with E-state index in [4.69, 9.17) is 4.74 Å². The first-order valence-electron chi connectivity index (χ1n) is 8.85. The zero-order chi connectivity index (χ0) is 18.8. The molecule has 0 spiro atoms. The molecule has 27 heavy (non-hydrogen) atoms. The number of carbonyl (C=O) groups is 1. The summed E-state index contributed by atoms with van der Waals surface area (Å²) in [6.07, 6.45) is 1.28. The Morgan fingerprint density at radius 1 is 1.19 bits per heavy atom. The van der Waals surface area contributed by atoms with Crippen LogP contribution in [0.2, 0.25) is 0 Å². The Bertz CT molecular complexity index is 972. The molecule has 0 aliphatic carbocycles. The fourth-order valence-electron chi connectivity index (χ4n) is 3.22. The van der Waals surface area contributed by atoms with Gasteiger partial charge in [0.1, 0.15) is 0 Å². The zero-order valence-corrected chi connectivity index (χ0v) is 14.9. The number of fused-ring (bicyclic) bond motifs is 2. The highest BCUT2D eigenvalue weighted by atomic mass is 19.1. The molecule has 0 saturated carbocycles. The summed E-state index contributed by atoms with van der Waals surface area (Å²) >= 11 is 0. The van der Waals surface area contributed by atoms with Crippen molar-refractivity contribution in [3.63, 3.8) is 0 Å². The molecule has 1 atom stereocenters. The average Bonchev–Trinajstić information content (AvgIpc) is 3.06. The second kappa shape index (κ2) is 7.19. The van der Waals surface area contributed by atoms with Gasteiger partial charge >= 0.3 is 0 Å². The summed E-state index contributed by atoms with van der Waals surface area (Å²) in [5.41, 5.74) is 2.61. The van der Waals surface area contributed by atoms with Gasteiger partial charge in [-0.1, -0.05) is 42.5 Å². The van der Waals surface area contributed by atoms with Crippen LogP contribution in [0.1, 0.15) is 24.6 Å². The molecule has 0 saturated heterocycles. The summed E-state index contributed by atoms with van der Waals surface area (Å²) in [5, 5.41) is 8.05. The van der Waals surface area contributed by atoms with Crippen LogP contribution in [-0.4, -0.2) is 27.0 Å². The van der Waals surface area contributed by atoms with E-state index in [1.807, 2.05) is 31.2 Å². The monoisotopic (exact) mass is 366 g/mol. The molecular formula is C20H19FN4O2. The molecule has 0 bridgehead atoms. The molecule has 138 valence electrons.